The molecule has 1 unspecified atom stereocenters. The van der Waals surface area contributed by atoms with E-state index in [9.17, 15) is 0 Å². The maximum Gasteiger partial charge on any atom is 0.0716 e. The molecule has 0 aromatic carbocycles. The molecule has 1 nitrogen and oxygen atoms in total. The van der Waals surface area contributed by atoms with Crippen molar-refractivity contribution in [2.45, 2.75) is 38.7 Å². The Bertz CT molecular complexity index is 136. The molecule has 1 saturated heterocycles. The lowest BCUT2D eigenvalue weighted by molar-refractivity contribution is 0.0568. The Morgan fingerprint density at radius 2 is 2.10 bits per heavy atom. The Balaban J connectivity index is 2.07. The summed E-state index contributed by atoms with van der Waals surface area (Å²) in [4.78, 5) is 0. The van der Waals surface area contributed by atoms with E-state index >= 15 is 0 Å². The molecule has 1 aliphatic carbocycles. The molecule has 2 rings (SSSR count). The maximum absolute atomic E-state index is 5.73. The summed E-state index contributed by atoms with van der Waals surface area (Å²) in [5.74, 6) is 1.69. The van der Waals surface area contributed by atoms with Gasteiger partial charge in [-0.2, -0.15) is 0 Å². The van der Waals surface area contributed by atoms with Gasteiger partial charge in [0.2, 0.25) is 0 Å². The van der Waals surface area contributed by atoms with Crippen LogP contribution in [0, 0.1) is 11.8 Å². The normalized spacial score (nSPS) is 35.7. The van der Waals surface area contributed by atoms with Crippen LogP contribution in [0.1, 0.15) is 33.1 Å². The molecule has 0 radical (unpaired) electrons. The van der Waals surface area contributed by atoms with Crippen LogP contribution in [-0.4, -0.2) is 12.2 Å². The van der Waals surface area contributed by atoms with Crippen LogP contribution in [0.2, 0.25) is 0 Å². The van der Waals surface area contributed by atoms with Gasteiger partial charge < -0.3 is 4.74 Å². The smallest absolute Gasteiger partial charge is 0.0716 e. The molecule has 0 aromatic heterocycles. The van der Waals surface area contributed by atoms with Crippen molar-refractivity contribution >= 4 is 0 Å². The second-order valence-electron chi connectivity index (χ2n) is 4.05. The Kier molecular flexibility index (Phi) is 1.31. The van der Waals surface area contributed by atoms with Gasteiger partial charge in [-0.25, -0.2) is 0 Å². The quantitative estimate of drug-likeness (QED) is 0.542. The minimum Gasteiger partial charge on any atom is -0.375 e. The molecule has 0 bridgehead atoms. The predicted molar refractivity (Wildman–Crippen MR) is 40.9 cm³/mol. The molecule has 2 aliphatic rings. The molecular formula is C9H16O. The van der Waals surface area contributed by atoms with Crippen molar-refractivity contribution in [3.63, 3.8) is 0 Å². The zero-order valence-electron chi connectivity index (χ0n) is 6.89. The fourth-order valence-corrected chi connectivity index (χ4v) is 2.34. The van der Waals surface area contributed by atoms with Gasteiger partial charge in [-0.1, -0.05) is 13.8 Å². The van der Waals surface area contributed by atoms with Crippen LogP contribution in [0.25, 0.3) is 0 Å². The highest BCUT2D eigenvalue weighted by Crippen LogP contribution is 2.53. The maximum atomic E-state index is 5.73. The van der Waals surface area contributed by atoms with Crippen LogP contribution in [0.15, 0.2) is 0 Å². The van der Waals surface area contributed by atoms with E-state index in [1.165, 1.54) is 19.3 Å². The summed E-state index contributed by atoms with van der Waals surface area (Å²) in [6.07, 6.45) is 3.96. The standard InChI is InChI=1S/C9H16O/c1-7(2)8-3-6-10-9(8)4-5-9/h7-8H,3-6H2,1-2H3. The summed E-state index contributed by atoms with van der Waals surface area (Å²) in [6.45, 7) is 5.65. The fraction of sp³-hybridized carbons (Fsp3) is 1.00. The monoisotopic (exact) mass is 140 g/mol. The zero-order valence-corrected chi connectivity index (χ0v) is 6.89. The molecule has 1 aliphatic heterocycles. The van der Waals surface area contributed by atoms with E-state index in [2.05, 4.69) is 13.8 Å². The second kappa shape index (κ2) is 1.97. The minimum absolute atomic E-state index is 0.383. The van der Waals surface area contributed by atoms with Crippen molar-refractivity contribution < 1.29 is 4.74 Å². The summed E-state index contributed by atoms with van der Waals surface area (Å²) in [5, 5.41) is 0. The van der Waals surface area contributed by atoms with Gasteiger partial charge in [-0.05, 0) is 31.1 Å². The van der Waals surface area contributed by atoms with Crippen molar-refractivity contribution in [1.82, 2.24) is 0 Å². The molecular weight excluding hydrogens is 124 g/mol. The Morgan fingerprint density at radius 3 is 2.50 bits per heavy atom. The third-order valence-corrected chi connectivity index (χ3v) is 3.04. The highest BCUT2D eigenvalue weighted by molar-refractivity contribution is 5.04. The highest BCUT2D eigenvalue weighted by Gasteiger charge is 2.54. The van der Waals surface area contributed by atoms with Crippen molar-refractivity contribution in [3.8, 4) is 0 Å². The predicted octanol–water partition coefficient (Wildman–Crippen LogP) is 2.21. The number of ether oxygens (including phenoxy) is 1. The Hall–Kier alpha value is -0.0400. The second-order valence-corrected chi connectivity index (χ2v) is 4.05. The van der Waals surface area contributed by atoms with Crippen molar-refractivity contribution in [2.75, 3.05) is 6.61 Å². The zero-order chi connectivity index (χ0) is 7.19. The number of rotatable bonds is 1. The van der Waals surface area contributed by atoms with E-state index in [1.54, 1.807) is 0 Å². The van der Waals surface area contributed by atoms with E-state index < -0.39 is 0 Å². The summed E-state index contributed by atoms with van der Waals surface area (Å²) >= 11 is 0. The average molecular weight is 140 g/mol. The van der Waals surface area contributed by atoms with Crippen LogP contribution in [0.4, 0.5) is 0 Å². The molecule has 1 spiro atoms. The summed E-state index contributed by atoms with van der Waals surface area (Å²) in [7, 11) is 0. The Morgan fingerprint density at radius 1 is 1.40 bits per heavy atom. The molecule has 1 heteroatoms. The van der Waals surface area contributed by atoms with Gasteiger partial charge in [-0.3, -0.25) is 0 Å². The molecule has 58 valence electrons. The minimum atomic E-state index is 0.383. The first kappa shape index (κ1) is 6.66. The molecule has 0 aromatic rings. The van der Waals surface area contributed by atoms with E-state index in [0.717, 1.165) is 18.4 Å². The lowest BCUT2D eigenvalue weighted by atomic mass is 9.88. The first-order chi connectivity index (χ1) is 4.75. The SMILES string of the molecule is CC(C)C1CCOC12CC2. The van der Waals surface area contributed by atoms with Gasteiger partial charge in [0.15, 0.2) is 0 Å². The molecule has 0 amide bonds. The molecule has 2 fully saturated rings. The van der Waals surface area contributed by atoms with E-state index in [0.29, 0.717) is 5.60 Å². The van der Waals surface area contributed by atoms with E-state index in [-0.39, 0.29) is 0 Å². The van der Waals surface area contributed by atoms with Crippen molar-refractivity contribution in [2.24, 2.45) is 11.8 Å². The lowest BCUT2D eigenvalue weighted by Gasteiger charge is -2.20. The van der Waals surface area contributed by atoms with Crippen LogP contribution in [-0.2, 0) is 4.74 Å². The Labute approximate surface area is 62.8 Å². The van der Waals surface area contributed by atoms with Crippen molar-refractivity contribution in [3.05, 3.63) is 0 Å². The van der Waals surface area contributed by atoms with Crippen molar-refractivity contribution in [1.29, 1.82) is 0 Å². The molecule has 1 atom stereocenters. The summed E-state index contributed by atoms with van der Waals surface area (Å²) in [6, 6.07) is 0. The van der Waals surface area contributed by atoms with Crippen LogP contribution >= 0.6 is 0 Å². The summed E-state index contributed by atoms with van der Waals surface area (Å²) < 4.78 is 5.73. The van der Waals surface area contributed by atoms with Gasteiger partial charge >= 0.3 is 0 Å². The van der Waals surface area contributed by atoms with Gasteiger partial charge in [-0.15, -0.1) is 0 Å². The third kappa shape index (κ3) is 0.800. The average Bonchev–Trinajstić information content (AvgIpc) is 2.42. The lowest BCUT2D eigenvalue weighted by Crippen LogP contribution is -2.21. The third-order valence-electron chi connectivity index (χ3n) is 3.04. The van der Waals surface area contributed by atoms with E-state index in [1.807, 2.05) is 0 Å². The first-order valence-corrected chi connectivity index (χ1v) is 4.38. The van der Waals surface area contributed by atoms with Crippen LogP contribution in [0.3, 0.4) is 0 Å². The number of hydrogen-bond acceptors (Lipinski definition) is 1. The van der Waals surface area contributed by atoms with E-state index in [4.69, 9.17) is 4.74 Å². The largest absolute Gasteiger partial charge is 0.375 e. The van der Waals surface area contributed by atoms with Gasteiger partial charge in [0.1, 0.15) is 0 Å². The highest BCUT2D eigenvalue weighted by atomic mass is 16.5. The summed E-state index contributed by atoms with van der Waals surface area (Å²) in [5.41, 5.74) is 0.383. The van der Waals surface area contributed by atoms with Crippen LogP contribution < -0.4 is 0 Å². The molecule has 1 heterocycles. The van der Waals surface area contributed by atoms with Gasteiger partial charge in [0.05, 0.1) is 5.60 Å². The number of hydrogen-bond donors (Lipinski definition) is 0. The molecule has 10 heavy (non-hydrogen) atoms. The first-order valence-electron chi connectivity index (χ1n) is 4.38. The molecule has 0 N–H and O–H groups in total. The topological polar surface area (TPSA) is 9.23 Å². The van der Waals surface area contributed by atoms with Gasteiger partial charge in [0.25, 0.3) is 0 Å². The van der Waals surface area contributed by atoms with Crippen LogP contribution in [0.5, 0.6) is 0 Å². The molecule has 1 saturated carbocycles. The fourth-order valence-electron chi connectivity index (χ4n) is 2.34. The van der Waals surface area contributed by atoms with Gasteiger partial charge in [0, 0.05) is 6.61 Å².